The van der Waals surface area contributed by atoms with Crippen LogP contribution in [0, 0.1) is 0 Å². The number of methoxy groups -OCH3 is 1. The van der Waals surface area contributed by atoms with Gasteiger partial charge in [-0.3, -0.25) is 9.36 Å². The highest BCUT2D eigenvalue weighted by atomic mass is 16.5. The lowest BCUT2D eigenvalue weighted by molar-refractivity contribution is -0.121. The van der Waals surface area contributed by atoms with Crippen molar-refractivity contribution < 1.29 is 9.53 Å². The number of rotatable bonds is 8. The molecule has 0 radical (unpaired) electrons. The Hall–Kier alpha value is -3.35. The second-order valence-electron chi connectivity index (χ2n) is 6.37. The van der Waals surface area contributed by atoms with E-state index in [4.69, 9.17) is 4.74 Å². The minimum atomic E-state index is -0.366. The average molecular weight is 380 g/mol. The molecule has 3 rings (SSSR count). The van der Waals surface area contributed by atoms with Crippen LogP contribution in [0.15, 0.2) is 59.4 Å². The highest BCUT2D eigenvalue weighted by Crippen LogP contribution is 2.18. The zero-order valence-electron chi connectivity index (χ0n) is 16.1. The Labute approximate surface area is 163 Å². The first-order valence-corrected chi connectivity index (χ1v) is 9.30. The maximum absolute atomic E-state index is 13.0. The van der Waals surface area contributed by atoms with Crippen molar-refractivity contribution in [2.24, 2.45) is 0 Å². The van der Waals surface area contributed by atoms with E-state index in [1.807, 2.05) is 30.3 Å². The molecule has 1 amide bonds. The summed E-state index contributed by atoms with van der Waals surface area (Å²) in [6, 6.07) is 16.4. The quantitative estimate of drug-likeness (QED) is 0.610. The molecule has 146 valence electrons. The van der Waals surface area contributed by atoms with Crippen molar-refractivity contribution in [1.29, 1.82) is 0 Å². The van der Waals surface area contributed by atoms with E-state index in [0.29, 0.717) is 23.8 Å². The van der Waals surface area contributed by atoms with Crippen LogP contribution in [0.4, 0.5) is 0 Å². The molecule has 0 atom stereocenters. The average Bonchev–Trinajstić information content (AvgIpc) is 3.05. The Morgan fingerprint density at radius 3 is 2.46 bits per heavy atom. The summed E-state index contributed by atoms with van der Waals surface area (Å²) < 4.78 is 7.88. The molecular formula is C21H24N4O3. The van der Waals surface area contributed by atoms with Gasteiger partial charge in [-0.05, 0) is 30.7 Å². The summed E-state index contributed by atoms with van der Waals surface area (Å²) >= 11 is 0. The summed E-state index contributed by atoms with van der Waals surface area (Å²) in [5, 5.41) is 7.35. The number of benzene rings is 2. The van der Waals surface area contributed by atoms with Crippen LogP contribution in [0.5, 0.6) is 5.75 Å². The Bertz CT molecular complexity index is 975. The second-order valence-corrected chi connectivity index (χ2v) is 6.37. The highest BCUT2D eigenvalue weighted by molar-refractivity contribution is 5.76. The largest absolute Gasteiger partial charge is 0.497 e. The van der Waals surface area contributed by atoms with Crippen molar-refractivity contribution in [3.8, 4) is 22.8 Å². The summed E-state index contributed by atoms with van der Waals surface area (Å²) in [5.41, 5.74) is 1.01. The van der Waals surface area contributed by atoms with E-state index < -0.39 is 0 Å². The molecule has 0 aliphatic carbocycles. The van der Waals surface area contributed by atoms with Crippen molar-refractivity contribution in [2.45, 2.75) is 26.3 Å². The fourth-order valence-corrected chi connectivity index (χ4v) is 2.84. The third-order valence-electron chi connectivity index (χ3n) is 4.37. The Kier molecular flexibility index (Phi) is 6.26. The number of nitrogens with zero attached hydrogens (tertiary/aromatic N) is 3. The van der Waals surface area contributed by atoms with Crippen LogP contribution in [0.2, 0.25) is 0 Å². The first-order chi connectivity index (χ1) is 13.6. The van der Waals surface area contributed by atoms with Crippen LogP contribution >= 0.6 is 0 Å². The van der Waals surface area contributed by atoms with Gasteiger partial charge in [0.05, 0.1) is 12.8 Å². The van der Waals surface area contributed by atoms with E-state index in [1.165, 1.54) is 9.25 Å². The van der Waals surface area contributed by atoms with Gasteiger partial charge in [-0.15, -0.1) is 5.10 Å². The zero-order chi connectivity index (χ0) is 19.9. The molecule has 1 heterocycles. The molecule has 7 nitrogen and oxygen atoms in total. The standard InChI is InChI=1S/C21H24N4O3/c1-3-4-14-22-19(26)15-24-20(16-8-6-5-7-9-16)23-25(21(24)27)17-10-12-18(28-2)13-11-17/h5-13H,3-4,14-15H2,1-2H3,(H,22,26). The lowest BCUT2D eigenvalue weighted by atomic mass is 10.2. The fourth-order valence-electron chi connectivity index (χ4n) is 2.84. The third-order valence-corrected chi connectivity index (χ3v) is 4.37. The van der Waals surface area contributed by atoms with Crippen LogP contribution in [0.25, 0.3) is 17.1 Å². The first kappa shape index (κ1) is 19.4. The second kappa shape index (κ2) is 9.03. The molecule has 28 heavy (non-hydrogen) atoms. The van der Waals surface area contributed by atoms with Crippen molar-refractivity contribution in [3.63, 3.8) is 0 Å². The molecule has 0 fully saturated rings. The van der Waals surface area contributed by atoms with E-state index in [0.717, 1.165) is 18.4 Å². The Morgan fingerprint density at radius 1 is 1.11 bits per heavy atom. The number of hydrogen-bond acceptors (Lipinski definition) is 4. The zero-order valence-corrected chi connectivity index (χ0v) is 16.1. The molecule has 0 aliphatic heterocycles. The van der Waals surface area contributed by atoms with Gasteiger partial charge in [-0.25, -0.2) is 4.79 Å². The van der Waals surface area contributed by atoms with Crippen LogP contribution in [0.1, 0.15) is 19.8 Å². The number of carbonyl (C=O) groups is 1. The molecule has 3 aromatic rings. The maximum Gasteiger partial charge on any atom is 0.351 e. The SMILES string of the molecule is CCCCNC(=O)Cn1c(-c2ccccc2)nn(-c2ccc(OC)cc2)c1=O. The number of hydrogen-bond donors (Lipinski definition) is 1. The van der Waals surface area contributed by atoms with Gasteiger partial charge >= 0.3 is 5.69 Å². The van der Waals surface area contributed by atoms with Gasteiger partial charge in [-0.1, -0.05) is 43.7 Å². The van der Waals surface area contributed by atoms with Gasteiger partial charge in [-0.2, -0.15) is 4.68 Å². The van der Waals surface area contributed by atoms with Gasteiger partial charge < -0.3 is 10.1 Å². The first-order valence-electron chi connectivity index (χ1n) is 9.30. The van der Waals surface area contributed by atoms with Gasteiger partial charge in [0.15, 0.2) is 5.82 Å². The van der Waals surface area contributed by atoms with Crippen molar-refractivity contribution in [1.82, 2.24) is 19.7 Å². The molecule has 0 saturated carbocycles. The minimum absolute atomic E-state index is 0.0804. The molecule has 2 aromatic carbocycles. The smallest absolute Gasteiger partial charge is 0.351 e. The molecule has 0 bridgehead atoms. The summed E-state index contributed by atoms with van der Waals surface area (Å²) in [7, 11) is 1.58. The number of carbonyl (C=O) groups excluding carboxylic acids is 1. The van der Waals surface area contributed by atoms with E-state index in [-0.39, 0.29) is 18.1 Å². The lowest BCUT2D eigenvalue weighted by Gasteiger charge is -2.07. The van der Waals surface area contributed by atoms with Gasteiger partial charge in [0.2, 0.25) is 5.91 Å². The van der Waals surface area contributed by atoms with Gasteiger partial charge in [0.25, 0.3) is 0 Å². The van der Waals surface area contributed by atoms with Gasteiger partial charge in [0.1, 0.15) is 12.3 Å². The van der Waals surface area contributed by atoms with Crippen LogP contribution in [-0.2, 0) is 11.3 Å². The Balaban J connectivity index is 1.99. The van der Waals surface area contributed by atoms with Crippen molar-refractivity contribution in [3.05, 3.63) is 65.1 Å². The summed E-state index contributed by atoms with van der Waals surface area (Å²) in [6.45, 7) is 2.57. The van der Waals surface area contributed by atoms with Crippen LogP contribution in [-0.4, -0.2) is 33.9 Å². The topological polar surface area (TPSA) is 78.2 Å². The minimum Gasteiger partial charge on any atom is -0.497 e. The summed E-state index contributed by atoms with van der Waals surface area (Å²) in [5.74, 6) is 0.934. The molecule has 1 N–H and O–H groups in total. The predicted octanol–water partition coefficient (Wildman–Crippen LogP) is 2.63. The monoisotopic (exact) mass is 380 g/mol. The molecule has 0 saturated heterocycles. The molecule has 0 unspecified atom stereocenters. The Morgan fingerprint density at radius 2 is 1.82 bits per heavy atom. The van der Waals surface area contributed by atoms with Crippen LogP contribution in [0.3, 0.4) is 0 Å². The molecule has 7 heteroatoms. The van der Waals surface area contributed by atoms with Gasteiger partial charge in [0, 0.05) is 12.1 Å². The molecule has 0 spiro atoms. The fraction of sp³-hybridized carbons (Fsp3) is 0.286. The van der Waals surface area contributed by atoms with Crippen LogP contribution < -0.4 is 15.7 Å². The van der Waals surface area contributed by atoms with E-state index >= 15 is 0 Å². The number of unbranched alkanes of at least 4 members (excludes halogenated alkanes) is 1. The number of amides is 1. The predicted molar refractivity (Wildman–Crippen MR) is 108 cm³/mol. The summed E-state index contributed by atoms with van der Waals surface area (Å²) in [6.07, 6.45) is 1.89. The number of aromatic nitrogens is 3. The molecular weight excluding hydrogens is 356 g/mol. The molecule has 1 aromatic heterocycles. The van der Waals surface area contributed by atoms with E-state index in [2.05, 4.69) is 17.3 Å². The number of nitrogens with one attached hydrogen (secondary N) is 1. The molecule has 0 aliphatic rings. The van der Waals surface area contributed by atoms with Crippen molar-refractivity contribution >= 4 is 5.91 Å². The lowest BCUT2D eigenvalue weighted by Crippen LogP contribution is -2.33. The maximum atomic E-state index is 13.0. The normalized spacial score (nSPS) is 10.6. The van der Waals surface area contributed by atoms with Crippen molar-refractivity contribution in [2.75, 3.05) is 13.7 Å². The summed E-state index contributed by atoms with van der Waals surface area (Å²) in [4.78, 5) is 25.4. The van der Waals surface area contributed by atoms with E-state index in [9.17, 15) is 9.59 Å². The number of ether oxygens (including phenoxy) is 1. The highest BCUT2D eigenvalue weighted by Gasteiger charge is 2.18. The third kappa shape index (κ3) is 4.31. The van der Waals surface area contributed by atoms with E-state index in [1.54, 1.807) is 31.4 Å².